The molecule has 7 nitrogen and oxygen atoms in total. The van der Waals surface area contributed by atoms with Crippen LogP contribution in [0.25, 0.3) is 11.3 Å². The van der Waals surface area contributed by atoms with Gasteiger partial charge in [-0.15, -0.1) is 11.3 Å². The van der Waals surface area contributed by atoms with Crippen molar-refractivity contribution in [3.63, 3.8) is 0 Å². The van der Waals surface area contributed by atoms with Gasteiger partial charge in [0, 0.05) is 16.9 Å². The van der Waals surface area contributed by atoms with E-state index in [0.717, 1.165) is 11.3 Å². The number of furan rings is 1. The first kappa shape index (κ1) is 21.2. The third-order valence-corrected chi connectivity index (χ3v) is 5.99. The average molecular weight is 443 g/mol. The Kier molecular flexibility index (Phi) is 6.73. The summed E-state index contributed by atoms with van der Waals surface area (Å²) in [6.07, 6.45) is 3.01. The molecule has 0 spiro atoms. The van der Waals surface area contributed by atoms with Crippen molar-refractivity contribution < 1.29 is 18.4 Å². The summed E-state index contributed by atoms with van der Waals surface area (Å²) in [4.78, 5) is 31.2. The zero-order chi connectivity index (χ0) is 21.6. The van der Waals surface area contributed by atoms with Gasteiger partial charge in [0.1, 0.15) is 11.6 Å². The number of hydrogen-bond donors (Lipinski definition) is 2. The quantitative estimate of drug-likeness (QED) is 0.585. The van der Waals surface area contributed by atoms with E-state index in [-0.39, 0.29) is 30.1 Å². The topological polar surface area (TPSA) is 87.5 Å². The van der Waals surface area contributed by atoms with E-state index in [1.807, 2.05) is 16.3 Å². The van der Waals surface area contributed by atoms with E-state index < -0.39 is 0 Å². The van der Waals surface area contributed by atoms with E-state index in [1.54, 1.807) is 24.5 Å². The van der Waals surface area contributed by atoms with E-state index in [4.69, 9.17) is 4.42 Å². The molecule has 31 heavy (non-hydrogen) atoms. The number of likely N-dealkylation sites (tertiary alicyclic amines) is 1. The average Bonchev–Trinajstić information content (AvgIpc) is 3.45. The molecule has 1 aliphatic rings. The largest absolute Gasteiger partial charge is 0.467 e. The van der Waals surface area contributed by atoms with Crippen LogP contribution in [0.3, 0.4) is 0 Å². The SMILES string of the molecule is O=C(CN1CCC(C(=O)NCc2ccco2)CC1)Nc1nc(-c2ccc(F)cc2)cs1. The van der Waals surface area contributed by atoms with Crippen LogP contribution in [0.5, 0.6) is 0 Å². The van der Waals surface area contributed by atoms with Crippen molar-refractivity contribution in [1.82, 2.24) is 15.2 Å². The Morgan fingerprint density at radius 2 is 1.97 bits per heavy atom. The fraction of sp³-hybridized carbons (Fsp3) is 0.318. The molecule has 2 amide bonds. The fourth-order valence-electron chi connectivity index (χ4n) is 3.53. The molecule has 3 heterocycles. The number of hydrogen-bond acceptors (Lipinski definition) is 6. The molecule has 4 rings (SSSR count). The molecule has 1 fully saturated rings. The molecule has 1 saturated heterocycles. The maximum atomic E-state index is 13.1. The number of rotatable bonds is 7. The third kappa shape index (κ3) is 5.77. The number of anilines is 1. The van der Waals surface area contributed by atoms with Crippen LogP contribution in [0.2, 0.25) is 0 Å². The van der Waals surface area contributed by atoms with E-state index in [0.29, 0.717) is 43.3 Å². The second-order valence-electron chi connectivity index (χ2n) is 7.44. The van der Waals surface area contributed by atoms with E-state index in [9.17, 15) is 14.0 Å². The number of piperidine rings is 1. The zero-order valence-corrected chi connectivity index (χ0v) is 17.7. The number of amides is 2. The Bertz CT molecular complexity index is 1010. The molecule has 0 aliphatic carbocycles. The summed E-state index contributed by atoms with van der Waals surface area (Å²) in [5.41, 5.74) is 1.49. The van der Waals surface area contributed by atoms with Crippen molar-refractivity contribution in [3.8, 4) is 11.3 Å². The molecular formula is C22H23FN4O3S. The summed E-state index contributed by atoms with van der Waals surface area (Å²) in [6.45, 7) is 2.02. The predicted octanol–water partition coefficient (Wildman–Crippen LogP) is 3.51. The minimum absolute atomic E-state index is 0.0246. The van der Waals surface area contributed by atoms with Gasteiger partial charge < -0.3 is 15.1 Å². The van der Waals surface area contributed by atoms with Crippen molar-refractivity contribution in [2.75, 3.05) is 25.0 Å². The lowest BCUT2D eigenvalue weighted by molar-refractivity contribution is -0.126. The number of carbonyl (C=O) groups is 2. The van der Waals surface area contributed by atoms with Gasteiger partial charge in [0.25, 0.3) is 0 Å². The number of carbonyl (C=O) groups excluding carboxylic acids is 2. The van der Waals surface area contributed by atoms with Crippen LogP contribution in [0, 0.1) is 11.7 Å². The Morgan fingerprint density at radius 1 is 1.19 bits per heavy atom. The Labute approximate surface area is 183 Å². The van der Waals surface area contributed by atoms with Gasteiger partial charge in [-0.1, -0.05) is 0 Å². The Hall–Kier alpha value is -3.04. The normalized spacial score (nSPS) is 15.0. The lowest BCUT2D eigenvalue weighted by Crippen LogP contribution is -2.43. The summed E-state index contributed by atoms with van der Waals surface area (Å²) in [5.74, 6) is 0.266. The minimum Gasteiger partial charge on any atom is -0.467 e. The first-order chi connectivity index (χ1) is 15.1. The van der Waals surface area contributed by atoms with Gasteiger partial charge in [-0.05, 0) is 62.3 Å². The molecule has 0 saturated carbocycles. The number of aromatic nitrogens is 1. The molecule has 0 unspecified atom stereocenters. The van der Waals surface area contributed by atoms with Crippen LogP contribution < -0.4 is 10.6 Å². The maximum absolute atomic E-state index is 13.1. The zero-order valence-electron chi connectivity index (χ0n) is 16.8. The molecule has 0 bridgehead atoms. The number of halogens is 1. The summed E-state index contributed by atoms with van der Waals surface area (Å²) >= 11 is 1.33. The minimum atomic E-state index is -0.300. The molecule has 1 aliphatic heterocycles. The van der Waals surface area contributed by atoms with Crippen molar-refractivity contribution in [1.29, 1.82) is 0 Å². The molecule has 0 atom stereocenters. The standard InChI is InChI=1S/C22H23FN4O3S/c23-17-5-3-15(4-6-17)19-14-31-22(25-19)26-20(28)13-27-9-7-16(8-10-27)21(29)24-12-18-2-1-11-30-18/h1-6,11,14,16H,7-10,12-13H2,(H,24,29)(H,25,26,28). The first-order valence-corrected chi connectivity index (χ1v) is 11.0. The summed E-state index contributed by atoms with van der Waals surface area (Å²) in [6, 6.07) is 9.70. The third-order valence-electron chi connectivity index (χ3n) is 5.23. The van der Waals surface area contributed by atoms with Gasteiger partial charge in [0.2, 0.25) is 11.8 Å². The molecule has 0 radical (unpaired) electrons. The molecule has 1 aromatic carbocycles. The van der Waals surface area contributed by atoms with Crippen molar-refractivity contribution in [2.24, 2.45) is 5.92 Å². The van der Waals surface area contributed by atoms with Crippen LogP contribution >= 0.6 is 11.3 Å². The van der Waals surface area contributed by atoms with E-state index in [1.165, 1.54) is 23.5 Å². The highest BCUT2D eigenvalue weighted by Gasteiger charge is 2.26. The van der Waals surface area contributed by atoms with Gasteiger partial charge in [0.15, 0.2) is 5.13 Å². The van der Waals surface area contributed by atoms with E-state index >= 15 is 0 Å². The predicted molar refractivity (Wildman–Crippen MR) is 116 cm³/mol. The smallest absolute Gasteiger partial charge is 0.240 e. The molecule has 2 aromatic heterocycles. The van der Waals surface area contributed by atoms with Crippen LogP contribution in [-0.4, -0.2) is 41.3 Å². The summed E-state index contributed by atoms with van der Waals surface area (Å²) in [7, 11) is 0. The molecular weight excluding hydrogens is 419 g/mol. The van der Waals surface area contributed by atoms with Crippen LogP contribution in [0.4, 0.5) is 9.52 Å². The van der Waals surface area contributed by atoms with Gasteiger partial charge in [-0.25, -0.2) is 9.37 Å². The van der Waals surface area contributed by atoms with Gasteiger partial charge >= 0.3 is 0 Å². The first-order valence-electron chi connectivity index (χ1n) is 10.1. The number of benzene rings is 1. The maximum Gasteiger partial charge on any atom is 0.240 e. The molecule has 162 valence electrons. The highest BCUT2D eigenvalue weighted by atomic mass is 32.1. The number of nitrogens with zero attached hydrogens (tertiary/aromatic N) is 2. The molecule has 3 aromatic rings. The van der Waals surface area contributed by atoms with Gasteiger partial charge in [-0.2, -0.15) is 0 Å². The van der Waals surface area contributed by atoms with Crippen molar-refractivity contribution in [2.45, 2.75) is 19.4 Å². The fourth-order valence-corrected chi connectivity index (χ4v) is 4.27. The van der Waals surface area contributed by atoms with Gasteiger partial charge in [-0.3, -0.25) is 14.5 Å². The van der Waals surface area contributed by atoms with Crippen LogP contribution in [0.1, 0.15) is 18.6 Å². The highest BCUT2D eigenvalue weighted by Crippen LogP contribution is 2.25. The highest BCUT2D eigenvalue weighted by molar-refractivity contribution is 7.14. The number of nitrogens with one attached hydrogen (secondary N) is 2. The van der Waals surface area contributed by atoms with Crippen molar-refractivity contribution in [3.05, 3.63) is 59.6 Å². The molecule has 9 heteroatoms. The van der Waals surface area contributed by atoms with Crippen molar-refractivity contribution >= 4 is 28.3 Å². The van der Waals surface area contributed by atoms with Crippen LogP contribution in [-0.2, 0) is 16.1 Å². The number of thiazole rings is 1. The van der Waals surface area contributed by atoms with Gasteiger partial charge in [0.05, 0.1) is 25.0 Å². The lowest BCUT2D eigenvalue weighted by atomic mass is 9.96. The molecule has 2 N–H and O–H groups in total. The summed E-state index contributed by atoms with van der Waals surface area (Å²) < 4.78 is 18.3. The second-order valence-corrected chi connectivity index (χ2v) is 8.30. The Balaban J connectivity index is 1.20. The van der Waals surface area contributed by atoms with Crippen LogP contribution in [0.15, 0.2) is 52.5 Å². The van der Waals surface area contributed by atoms with E-state index in [2.05, 4.69) is 15.6 Å². The monoisotopic (exact) mass is 442 g/mol. The summed E-state index contributed by atoms with van der Waals surface area (Å²) in [5, 5.41) is 8.07. The second kappa shape index (κ2) is 9.84. The lowest BCUT2D eigenvalue weighted by Gasteiger charge is -2.30. The Morgan fingerprint density at radius 3 is 2.68 bits per heavy atom.